The third-order valence-electron chi connectivity index (χ3n) is 2.68. The van der Waals surface area contributed by atoms with Crippen molar-refractivity contribution in [1.82, 2.24) is 0 Å². The number of rotatable bonds is 5. The van der Waals surface area contributed by atoms with E-state index in [4.69, 9.17) is 16.3 Å². The van der Waals surface area contributed by atoms with E-state index in [9.17, 15) is 10.1 Å². The highest BCUT2D eigenvalue weighted by molar-refractivity contribution is 9.10. The molecule has 0 N–H and O–H groups in total. The molecule has 0 aromatic heterocycles. The van der Waals surface area contributed by atoms with Crippen LogP contribution >= 0.6 is 27.5 Å². The van der Waals surface area contributed by atoms with Crippen LogP contribution in [-0.4, -0.2) is 4.92 Å². The van der Waals surface area contributed by atoms with Crippen LogP contribution in [0.1, 0.15) is 11.1 Å². The van der Waals surface area contributed by atoms with E-state index in [2.05, 4.69) is 15.9 Å². The van der Waals surface area contributed by atoms with E-state index in [0.29, 0.717) is 0 Å². The molecule has 0 saturated heterocycles. The highest BCUT2D eigenvalue weighted by Crippen LogP contribution is 2.29. The summed E-state index contributed by atoms with van der Waals surface area (Å²) in [4.78, 5) is 10.5. The van der Waals surface area contributed by atoms with Gasteiger partial charge in [-0.05, 0) is 29.3 Å². The summed E-state index contributed by atoms with van der Waals surface area (Å²) < 4.78 is 6.52. The molecule has 0 unspecified atom stereocenters. The first-order valence-corrected chi connectivity index (χ1v) is 7.13. The maximum Gasteiger partial charge on any atom is 0.310 e. The molecule has 2 aromatic carbocycles. The van der Waals surface area contributed by atoms with Crippen molar-refractivity contribution in [1.29, 1.82) is 0 Å². The van der Waals surface area contributed by atoms with Gasteiger partial charge in [-0.25, -0.2) is 0 Å². The summed E-state index contributed by atoms with van der Waals surface area (Å²) in [5, 5.41) is 11.0. The molecule has 0 saturated carbocycles. The van der Waals surface area contributed by atoms with Crippen LogP contribution in [0.5, 0.6) is 5.75 Å². The van der Waals surface area contributed by atoms with Gasteiger partial charge in [-0.2, -0.15) is 0 Å². The molecule has 0 radical (unpaired) electrons. The smallest absolute Gasteiger partial charge is 0.310 e. The molecule has 0 bridgehead atoms. The highest BCUT2D eigenvalue weighted by atomic mass is 79.9. The number of halogens is 2. The molecule has 104 valence electrons. The molecule has 0 aliphatic rings. The van der Waals surface area contributed by atoms with Crippen LogP contribution in [-0.2, 0) is 12.5 Å². The van der Waals surface area contributed by atoms with Crippen LogP contribution in [0.3, 0.4) is 0 Å². The second-order valence-electron chi connectivity index (χ2n) is 4.11. The summed E-state index contributed by atoms with van der Waals surface area (Å²) in [5.74, 6) is 0.517. The van der Waals surface area contributed by atoms with Gasteiger partial charge in [-0.3, -0.25) is 10.1 Å². The number of nitro benzene ring substituents is 1. The van der Waals surface area contributed by atoms with E-state index in [0.717, 1.165) is 15.6 Å². The lowest BCUT2D eigenvalue weighted by atomic mass is 10.2. The Morgan fingerprint density at radius 2 is 1.80 bits per heavy atom. The Morgan fingerprint density at radius 1 is 1.15 bits per heavy atom. The lowest BCUT2D eigenvalue weighted by molar-refractivity contribution is -0.386. The molecule has 20 heavy (non-hydrogen) atoms. The predicted octanol–water partition coefficient (Wildman–Crippen LogP) is 4.68. The number of benzene rings is 2. The lowest BCUT2D eigenvalue weighted by Gasteiger charge is -2.08. The van der Waals surface area contributed by atoms with E-state index in [-0.39, 0.29) is 23.9 Å². The van der Waals surface area contributed by atoms with Gasteiger partial charge in [0.2, 0.25) is 0 Å². The molecule has 0 amide bonds. The van der Waals surface area contributed by atoms with Gasteiger partial charge in [0, 0.05) is 16.4 Å². The molecule has 4 nitrogen and oxygen atoms in total. The maximum absolute atomic E-state index is 11.0. The molecule has 2 rings (SSSR count). The molecule has 0 spiro atoms. The minimum atomic E-state index is -0.463. The van der Waals surface area contributed by atoms with Crippen LogP contribution in [0.4, 0.5) is 5.69 Å². The molecular weight excluding hydrogens is 346 g/mol. The van der Waals surface area contributed by atoms with Crippen molar-refractivity contribution in [2.24, 2.45) is 0 Å². The average molecular weight is 357 g/mol. The van der Waals surface area contributed by atoms with Gasteiger partial charge in [0.15, 0.2) is 5.75 Å². The summed E-state index contributed by atoms with van der Waals surface area (Å²) in [7, 11) is 0. The van der Waals surface area contributed by atoms with Crippen molar-refractivity contribution in [3.8, 4) is 5.75 Å². The Morgan fingerprint density at radius 3 is 2.40 bits per heavy atom. The van der Waals surface area contributed by atoms with Gasteiger partial charge < -0.3 is 4.74 Å². The third-order valence-corrected chi connectivity index (χ3v) is 3.52. The van der Waals surface area contributed by atoms with Crippen LogP contribution in [0.2, 0.25) is 0 Å². The average Bonchev–Trinajstić information content (AvgIpc) is 2.46. The molecule has 0 aliphatic carbocycles. The van der Waals surface area contributed by atoms with Crippen LogP contribution in [0, 0.1) is 10.1 Å². The Balaban J connectivity index is 2.18. The quantitative estimate of drug-likeness (QED) is 0.444. The van der Waals surface area contributed by atoms with Crippen molar-refractivity contribution >= 4 is 33.2 Å². The second kappa shape index (κ2) is 6.72. The largest absolute Gasteiger partial charge is 0.482 e. The van der Waals surface area contributed by atoms with Crippen LogP contribution in [0.15, 0.2) is 46.9 Å². The van der Waals surface area contributed by atoms with E-state index in [1.807, 2.05) is 24.3 Å². The van der Waals surface area contributed by atoms with Crippen molar-refractivity contribution in [3.05, 3.63) is 68.2 Å². The zero-order chi connectivity index (χ0) is 14.5. The molecule has 0 fully saturated rings. The standard InChI is InChI=1S/C14H11BrClNO3/c15-12-4-1-10(2-5-12)9-20-14-7-11(8-16)3-6-13(14)17(18)19/h1-7H,8-9H2. The summed E-state index contributed by atoms with van der Waals surface area (Å²) in [6, 6.07) is 12.2. The topological polar surface area (TPSA) is 52.4 Å². The van der Waals surface area contributed by atoms with Crippen molar-refractivity contribution in [3.63, 3.8) is 0 Å². The van der Waals surface area contributed by atoms with Crippen molar-refractivity contribution < 1.29 is 9.66 Å². The Hall–Kier alpha value is -1.59. The second-order valence-corrected chi connectivity index (χ2v) is 5.29. The highest BCUT2D eigenvalue weighted by Gasteiger charge is 2.15. The third kappa shape index (κ3) is 3.71. The Bertz CT molecular complexity index is 616. The molecule has 0 heterocycles. The number of ether oxygens (including phenoxy) is 1. The summed E-state index contributed by atoms with van der Waals surface area (Å²) >= 11 is 9.08. The first-order valence-electron chi connectivity index (χ1n) is 5.80. The van der Waals surface area contributed by atoms with Gasteiger partial charge in [0.05, 0.1) is 4.92 Å². The summed E-state index contributed by atoms with van der Waals surface area (Å²) in [6.07, 6.45) is 0. The van der Waals surface area contributed by atoms with Crippen LogP contribution < -0.4 is 4.74 Å². The maximum atomic E-state index is 11.0. The fraction of sp³-hybridized carbons (Fsp3) is 0.143. The number of nitrogens with zero attached hydrogens (tertiary/aromatic N) is 1. The van der Waals surface area contributed by atoms with Crippen LogP contribution in [0.25, 0.3) is 0 Å². The summed E-state index contributed by atoms with van der Waals surface area (Å²) in [6.45, 7) is 0.264. The number of alkyl halides is 1. The SMILES string of the molecule is O=[N+]([O-])c1ccc(CCl)cc1OCc1ccc(Br)cc1. The number of hydrogen-bond donors (Lipinski definition) is 0. The van der Waals surface area contributed by atoms with Gasteiger partial charge in [-0.1, -0.05) is 34.1 Å². The zero-order valence-corrected chi connectivity index (χ0v) is 12.7. The van der Waals surface area contributed by atoms with E-state index < -0.39 is 4.92 Å². The summed E-state index contributed by atoms with van der Waals surface area (Å²) in [5.41, 5.74) is 1.65. The van der Waals surface area contributed by atoms with Gasteiger partial charge in [0.25, 0.3) is 0 Å². The fourth-order valence-corrected chi connectivity index (χ4v) is 2.08. The minimum absolute atomic E-state index is 0.0593. The zero-order valence-electron chi connectivity index (χ0n) is 10.4. The molecule has 0 atom stereocenters. The van der Waals surface area contributed by atoms with Gasteiger partial charge in [-0.15, -0.1) is 11.6 Å². The van der Waals surface area contributed by atoms with E-state index in [1.165, 1.54) is 6.07 Å². The fourth-order valence-electron chi connectivity index (χ4n) is 1.65. The molecule has 0 aliphatic heterocycles. The van der Waals surface area contributed by atoms with Crippen molar-refractivity contribution in [2.45, 2.75) is 12.5 Å². The Labute approximate surface area is 129 Å². The van der Waals surface area contributed by atoms with Gasteiger partial charge in [0.1, 0.15) is 6.61 Å². The molecular formula is C14H11BrClNO3. The van der Waals surface area contributed by atoms with Crippen molar-refractivity contribution in [2.75, 3.05) is 0 Å². The molecule has 2 aromatic rings. The predicted molar refractivity (Wildman–Crippen MR) is 81.1 cm³/mol. The molecule has 6 heteroatoms. The van der Waals surface area contributed by atoms with E-state index in [1.54, 1.807) is 12.1 Å². The normalized spacial score (nSPS) is 10.3. The Kier molecular flexibility index (Phi) is 4.98. The lowest BCUT2D eigenvalue weighted by Crippen LogP contribution is -1.99. The number of nitro groups is 1. The minimum Gasteiger partial charge on any atom is -0.482 e. The first-order chi connectivity index (χ1) is 9.60. The monoisotopic (exact) mass is 355 g/mol. The van der Waals surface area contributed by atoms with Gasteiger partial charge >= 0.3 is 5.69 Å². The number of hydrogen-bond acceptors (Lipinski definition) is 3. The first kappa shape index (κ1) is 14.8. The van der Waals surface area contributed by atoms with E-state index >= 15 is 0 Å².